The fraction of sp³-hybridized carbons (Fsp3) is 0.286. The number of hydrogen-bond acceptors (Lipinski definition) is 4. The molecule has 0 saturated carbocycles. The first-order chi connectivity index (χ1) is 12.7. The maximum absolute atomic E-state index is 12.1. The maximum Gasteiger partial charge on any atom is 0.271 e. The van der Waals surface area contributed by atoms with Crippen LogP contribution in [0.5, 0.6) is 0 Å². The molecule has 0 aliphatic carbocycles. The number of rotatable bonds is 6. The summed E-state index contributed by atoms with van der Waals surface area (Å²) in [4.78, 5) is 26.1. The summed E-state index contributed by atoms with van der Waals surface area (Å²) in [6.45, 7) is 4.05. The predicted octanol–water partition coefficient (Wildman–Crippen LogP) is 3.64. The van der Waals surface area contributed by atoms with Crippen molar-refractivity contribution < 1.29 is 9.59 Å². The third kappa shape index (κ3) is 4.36. The predicted molar refractivity (Wildman–Crippen MR) is 104 cm³/mol. The highest BCUT2D eigenvalue weighted by atomic mass is 16.2. The second kappa shape index (κ2) is 8.43. The fourth-order valence-electron chi connectivity index (χ4n) is 2.99. The molecule has 1 amide bonds. The minimum atomic E-state index is -0.301. The highest BCUT2D eigenvalue weighted by molar-refractivity contribution is 5.98. The molecule has 1 aliphatic heterocycles. The van der Waals surface area contributed by atoms with Gasteiger partial charge in [-0.1, -0.05) is 31.2 Å². The Balaban J connectivity index is 1.55. The number of Topliss-reactive ketones (excluding diaryl/α,β-unsaturated/α-hetero) is 1. The Labute approximate surface area is 153 Å². The SMILES string of the molecule is CCC(=O)c1ccc(C(=O)N/N=C/c2ccc(N3CCCC3)cc2)cc1. The highest BCUT2D eigenvalue weighted by Gasteiger charge is 2.11. The molecular formula is C21H23N3O2. The van der Waals surface area contributed by atoms with E-state index in [1.165, 1.54) is 18.5 Å². The van der Waals surface area contributed by atoms with Crippen LogP contribution >= 0.6 is 0 Å². The van der Waals surface area contributed by atoms with Crippen molar-refractivity contribution >= 4 is 23.6 Å². The van der Waals surface area contributed by atoms with Crippen LogP contribution in [0.1, 0.15) is 52.5 Å². The summed E-state index contributed by atoms with van der Waals surface area (Å²) in [6.07, 6.45) is 4.58. The molecule has 26 heavy (non-hydrogen) atoms. The molecule has 5 heteroatoms. The monoisotopic (exact) mass is 349 g/mol. The number of carbonyl (C=O) groups excluding carboxylic acids is 2. The zero-order valence-electron chi connectivity index (χ0n) is 14.9. The summed E-state index contributed by atoms with van der Waals surface area (Å²) in [5.41, 5.74) is 5.76. The van der Waals surface area contributed by atoms with E-state index < -0.39 is 0 Å². The maximum atomic E-state index is 12.1. The van der Waals surface area contributed by atoms with E-state index in [4.69, 9.17) is 0 Å². The van der Waals surface area contributed by atoms with Crippen LogP contribution in [0.3, 0.4) is 0 Å². The lowest BCUT2D eigenvalue weighted by atomic mass is 10.1. The number of amides is 1. The molecule has 0 aromatic heterocycles. The van der Waals surface area contributed by atoms with E-state index in [2.05, 4.69) is 27.6 Å². The summed E-state index contributed by atoms with van der Waals surface area (Å²) >= 11 is 0. The minimum Gasteiger partial charge on any atom is -0.372 e. The first kappa shape index (κ1) is 17.9. The average Bonchev–Trinajstić information content (AvgIpc) is 3.23. The Kier molecular flexibility index (Phi) is 5.79. The summed E-state index contributed by atoms with van der Waals surface area (Å²) in [5, 5.41) is 4.01. The van der Waals surface area contributed by atoms with E-state index in [-0.39, 0.29) is 11.7 Å². The lowest BCUT2D eigenvalue weighted by molar-refractivity contribution is 0.0951. The molecule has 3 rings (SSSR count). The van der Waals surface area contributed by atoms with Crippen LogP contribution in [0, 0.1) is 0 Å². The summed E-state index contributed by atoms with van der Waals surface area (Å²) in [6, 6.07) is 14.8. The normalized spacial score (nSPS) is 14.0. The molecule has 1 heterocycles. The Morgan fingerprint density at radius 2 is 1.62 bits per heavy atom. The van der Waals surface area contributed by atoms with Crippen molar-refractivity contribution in [3.05, 3.63) is 65.2 Å². The van der Waals surface area contributed by atoms with Crippen LogP contribution in [0.25, 0.3) is 0 Å². The van der Waals surface area contributed by atoms with Crippen molar-refractivity contribution in [1.82, 2.24) is 5.43 Å². The number of carbonyl (C=O) groups is 2. The van der Waals surface area contributed by atoms with E-state index in [1.54, 1.807) is 30.5 Å². The van der Waals surface area contributed by atoms with Crippen LogP contribution in [-0.4, -0.2) is 31.0 Å². The van der Waals surface area contributed by atoms with E-state index >= 15 is 0 Å². The van der Waals surface area contributed by atoms with Gasteiger partial charge >= 0.3 is 0 Å². The van der Waals surface area contributed by atoms with Gasteiger partial charge in [0.05, 0.1) is 6.21 Å². The second-order valence-electron chi connectivity index (χ2n) is 6.34. The standard InChI is InChI=1S/C21H23N3O2/c1-2-20(25)17-7-9-18(10-8-17)21(26)23-22-15-16-5-11-19(12-6-16)24-13-3-4-14-24/h5-12,15H,2-4,13-14H2,1H3,(H,23,26)/b22-15+. The molecule has 1 aliphatic rings. The number of nitrogens with zero attached hydrogens (tertiary/aromatic N) is 2. The molecule has 0 atom stereocenters. The fourth-order valence-corrected chi connectivity index (χ4v) is 2.99. The smallest absolute Gasteiger partial charge is 0.271 e. The van der Waals surface area contributed by atoms with Crippen LogP contribution in [-0.2, 0) is 0 Å². The van der Waals surface area contributed by atoms with Gasteiger partial charge in [0, 0.05) is 36.3 Å². The van der Waals surface area contributed by atoms with Crippen LogP contribution in [0.15, 0.2) is 53.6 Å². The number of benzene rings is 2. The molecule has 1 fully saturated rings. The first-order valence-electron chi connectivity index (χ1n) is 8.99. The van der Waals surface area contributed by atoms with E-state index in [9.17, 15) is 9.59 Å². The summed E-state index contributed by atoms with van der Waals surface area (Å²) in [7, 11) is 0. The lowest BCUT2D eigenvalue weighted by Gasteiger charge is -2.17. The number of anilines is 1. The topological polar surface area (TPSA) is 61.8 Å². The second-order valence-corrected chi connectivity index (χ2v) is 6.34. The van der Waals surface area contributed by atoms with Gasteiger partial charge in [0.2, 0.25) is 0 Å². The van der Waals surface area contributed by atoms with Crippen LogP contribution in [0.4, 0.5) is 5.69 Å². The molecule has 2 aromatic rings. The number of hydrazone groups is 1. The third-order valence-electron chi connectivity index (χ3n) is 4.53. The van der Waals surface area contributed by atoms with Gasteiger partial charge in [-0.15, -0.1) is 0 Å². The quantitative estimate of drug-likeness (QED) is 0.492. The molecule has 2 aromatic carbocycles. The van der Waals surface area contributed by atoms with Crippen molar-refractivity contribution in [3.63, 3.8) is 0 Å². The molecule has 1 N–H and O–H groups in total. The molecule has 134 valence electrons. The van der Waals surface area contributed by atoms with Gasteiger partial charge in [-0.25, -0.2) is 5.43 Å². The summed E-state index contributed by atoms with van der Waals surface area (Å²) in [5.74, 6) is -0.238. The molecule has 0 bridgehead atoms. The van der Waals surface area contributed by atoms with Gasteiger partial charge in [-0.3, -0.25) is 9.59 Å². The number of nitrogens with one attached hydrogen (secondary N) is 1. The van der Waals surface area contributed by atoms with Gasteiger partial charge < -0.3 is 4.90 Å². The largest absolute Gasteiger partial charge is 0.372 e. The highest BCUT2D eigenvalue weighted by Crippen LogP contribution is 2.19. The molecule has 0 spiro atoms. The lowest BCUT2D eigenvalue weighted by Crippen LogP contribution is -2.18. The molecule has 1 saturated heterocycles. The van der Waals surface area contributed by atoms with Gasteiger partial charge in [0.15, 0.2) is 5.78 Å². The van der Waals surface area contributed by atoms with Gasteiger partial charge in [-0.2, -0.15) is 5.10 Å². The molecule has 5 nitrogen and oxygen atoms in total. The minimum absolute atomic E-state index is 0.0624. The summed E-state index contributed by atoms with van der Waals surface area (Å²) < 4.78 is 0. The van der Waals surface area contributed by atoms with Gasteiger partial charge in [-0.05, 0) is 42.7 Å². The van der Waals surface area contributed by atoms with Crippen molar-refractivity contribution in [1.29, 1.82) is 0 Å². The Morgan fingerprint density at radius 3 is 2.23 bits per heavy atom. The molecule has 0 unspecified atom stereocenters. The van der Waals surface area contributed by atoms with E-state index in [1.807, 2.05) is 19.1 Å². The van der Waals surface area contributed by atoms with E-state index in [0.29, 0.717) is 17.5 Å². The Morgan fingerprint density at radius 1 is 1.00 bits per heavy atom. The number of ketones is 1. The average molecular weight is 349 g/mol. The van der Waals surface area contributed by atoms with Crippen molar-refractivity contribution in [2.24, 2.45) is 5.10 Å². The zero-order chi connectivity index (χ0) is 18.4. The third-order valence-corrected chi connectivity index (χ3v) is 4.53. The Hall–Kier alpha value is -2.95. The zero-order valence-corrected chi connectivity index (χ0v) is 14.9. The van der Waals surface area contributed by atoms with Crippen LogP contribution in [0.2, 0.25) is 0 Å². The molecule has 0 radical (unpaired) electrons. The van der Waals surface area contributed by atoms with Gasteiger partial charge in [0.25, 0.3) is 5.91 Å². The Bertz CT molecular complexity index is 789. The van der Waals surface area contributed by atoms with Crippen molar-refractivity contribution in [2.75, 3.05) is 18.0 Å². The first-order valence-corrected chi connectivity index (χ1v) is 8.99. The van der Waals surface area contributed by atoms with E-state index in [0.717, 1.165) is 18.7 Å². The molecular weight excluding hydrogens is 326 g/mol. The van der Waals surface area contributed by atoms with Crippen molar-refractivity contribution in [3.8, 4) is 0 Å². The van der Waals surface area contributed by atoms with Crippen molar-refractivity contribution in [2.45, 2.75) is 26.2 Å². The van der Waals surface area contributed by atoms with Gasteiger partial charge in [0.1, 0.15) is 0 Å². The van der Waals surface area contributed by atoms with Crippen LogP contribution < -0.4 is 10.3 Å². The number of hydrogen-bond donors (Lipinski definition) is 1.